The largest absolute Gasteiger partial charge is 0.375 e. The van der Waals surface area contributed by atoms with Crippen LogP contribution in [0.25, 0.3) is 10.2 Å². The minimum absolute atomic E-state index is 0.0364. The third-order valence-corrected chi connectivity index (χ3v) is 4.99. The van der Waals surface area contributed by atoms with Gasteiger partial charge in [-0.3, -0.25) is 4.79 Å². The zero-order chi connectivity index (χ0) is 14.0. The van der Waals surface area contributed by atoms with E-state index < -0.39 is 0 Å². The molecular formula is C13H17N3OS2. The number of hydrogen-bond acceptors (Lipinski definition) is 5. The van der Waals surface area contributed by atoms with Gasteiger partial charge in [0.2, 0.25) is 0 Å². The number of nitrogen functional groups attached to an aromatic ring is 1. The number of thioether (sulfide) groups is 1. The number of nitrogens with one attached hydrogen (secondary N) is 1. The molecule has 1 amide bonds. The Morgan fingerprint density at radius 2 is 2.26 bits per heavy atom. The fourth-order valence-corrected chi connectivity index (χ4v) is 2.54. The molecule has 1 heterocycles. The number of benzene rings is 1. The van der Waals surface area contributed by atoms with E-state index in [9.17, 15) is 4.79 Å². The van der Waals surface area contributed by atoms with Crippen molar-refractivity contribution >= 4 is 44.4 Å². The maximum atomic E-state index is 12.1. The van der Waals surface area contributed by atoms with Gasteiger partial charge in [0.25, 0.3) is 5.91 Å². The van der Waals surface area contributed by atoms with E-state index in [4.69, 9.17) is 5.73 Å². The molecule has 0 aliphatic heterocycles. The number of amides is 1. The Balaban J connectivity index is 2.13. The van der Waals surface area contributed by atoms with Crippen molar-refractivity contribution in [2.75, 3.05) is 18.5 Å². The van der Waals surface area contributed by atoms with E-state index in [0.29, 0.717) is 17.2 Å². The van der Waals surface area contributed by atoms with Crippen molar-refractivity contribution in [1.29, 1.82) is 0 Å². The van der Waals surface area contributed by atoms with E-state index in [1.165, 1.54) is 11.3 Å². The SMILES string of the molecule is CSC(C)(C)CNC(=O)c1ccc2nc(N)sc2c1. The molecule has 0 unspecified atom stereocenters. The van der Waals surface area contributed by atoms with Gasteiger partial charge in [-0.1, -0.05) is 11.3 Å². The molecule has 1 aromatic heterocycles. The van der Waals surface area contributed by atoms with Gasteiger partial charge in [0.1, 0.15) is 0 Å². The van der Waals surface area contributed by atoms with Crippen LogP contribution >= 0.6 is 23.1 Å². The van der Waals surface area contributed by atoms with Crippen LogP contribution < -0.4 is 11.1 Å². The van der Waals surface area contributed by atoms with Crippen LogP contribution in [-0.2, 0) is 0 Å². The molecule has 0 fully saturated rings. The number of nitrogens with two attached hydrogens (primary N) is 1. The number of carbonyl (C=O) groups is 1. The number of hydrogen-bond donors (Lipinski definition) is 2. The van der Waals surface area contributed by atoms with Crippen LogP contribution in [0.5, 0.6) is 0 Å². The van der Waals surface area contributed by atoms with E-state index in [2.05, 4.69) is 24.1 Å². The number of aromatic nitrogens is 1. The van der Waals surface area contributed by atoms with Crippen LogP contribution in [0.4, 0.5) is 5.13 Å². The predicted molar refractivity (Wildman–Crippen MR) is 84.0 cm³/mol. The summed E-state index contributed by atoms with van der Waals surface area (Å²) in [4.78, 5) is 16.3. The molecule has 0 aliphatic carbocycles. The molecule has 2 aromatic rings. The summed E-state index contributed by atoms with van der Waals surface area (Å²) in [5.74, 6) is -0.0593. The highest BCUT2D eigenvalue weighted by Gasteiger charge is 2.17. The molecule has 4 nitrogen and oxygen atoms in total. The minimum Gasteiger partial charge on any atom is -0.375 e. The number of rotatable bonds is 4. The normalized spacial score (nSPS) is 11.7. The maximum Gasteiger partial charge on any atom is 0.251 e. The second kappa shape index (κ2) is 5.38. The highest BCUT2D eigenvalue weighted by molar-refractivity contribution is 7.99. The first-order chi connectivity index (χ1) is 8.91. The molecule has 0 atom stereocenters. The fourth-order valence-electron chi connectivity index (χ4n) is 1.55. The van der Waals surface area contributed by atoms with E-state index in [0.717, 1.165) is 10.2 Å². The second-order valence-electron chi connectivity index (χ2n) is 4.88. The van der Waals surface area contributed by atoms with Gasteiger partial charge in [0, 0.05) is 16.9 Å². The lowest BCUT2D eigenvalue weighted by Gasteiger charge is -2.22. The molecular weight excluding hydrogens is 278 g/mol. The number of carbonyl (C=O) groups excluding carboxylic acids is 1. The van der Waals surface area contributed by atoms with Crippen LogP contribution in [0.3, 0.4) is 0 Å². The minimum atomic E-state index is -0.0593. The predicted octanol–water partition coefficient (Wildman–Crippen LogP) is 2.75. The number of fused-ring (bicyclic) bond motifs is 1. The fraction of sp³-hybridized carbons (Fsp3) is 0.385. The topological polar surface area (TPSA) is 68.0 Å². The molecule has 102 valence electrons. The summed E-state index contributed by atoms with van der Waals surface area (Å²) in [6.07, 6.45) is 2.04. The van der Waals surface area contributed by atoms with Gasteiger partial charge in [-0.25, -0.2) is 4.98 Å². The van der Waals surface area contributed by atoms with Gasteiger partial charge in [-0.2, -0.15) is 11.8 Å². The number of anilines is 1. The molecule has 0 bridgehead atoms. The quantitative estimate of drug-likeness (QED) is 0.910. The average molecular weight is 295 g/mol. The Labute approximate surface area is 120 Å². The first kappa shape index (κ1) is 14.1. The lowest BCUT2D eigenvalue weighted by atomic mass is 10.1. The Morgan fingerprint density at radius 3 is 2.95 bits per heavy atom. The molecule has 0 saturated heterocycles. The number of thiazole rings is 1. The first-order valence-corrected chi connectivity index (χ1v) is 7.95. The van der Waals surface area contributed by atoms with Crippen molar-refractivity contribution in [2.45, 2.75) is 18.6 Å². The molecule has 0 spiro atoms. The van der Waals surface area contributed by atoms with Crippen molar-refractivity contribution in [2.24, 2.45) is 0 Å². The van der Waals surface area contributed by atoms with E-state index in [1.54, 1.807) is 17.8 Å². The van der Waals surface area contributed by atoms with Crippen molar-refractivity contribution in [3.8, 4) is 0 Å². The third-order valence-electron chi connectivity index (χ3n) is 2.89. The van der Waals surface area contributed by atoms with E-state index >= 15 is 0 Å². The van der Waals surface area contributed by atoms with Crippen molar-refractivity contribution < 1.29 is 4.79 Å². The van der Waals surface area contributed by atoms with Gasteiger partial charge < -0.3 is 11.1 Å². The molecule has 3 N–H and O–H groups in total. The van der Waals surface area contributed by atoms with Gasteiger partial charge in [-0.15, -0.1) is 0 Å². The summed E-state index contributed by atoms with van der Waals surface area (Å²) in [6, 6.07) is 5.45. The molecule has 2 rings (SSSR count). The third kappa shape index (κ3) is 3.39. The van der Waals surface area contributed by atoms with Crippen LogP contribution in [0, 0.1) is 0 Å². The Bertz CT molecular complexity index is 607. The monoisotopic (exact) mass is 295 g/mol. The van der Waals surface area contributed by atoms with Crippen molar-refractivity contribution in [1.82, 2.24) is 10.3 Å². The Morgan fingerprint density at radius 1 is 1.53 bits per heavy atom. The zero-order valence-electron chi connectivity index (χ0n) is 11.2. The Kier molecular flexibility index (Phi) is 4.01. The summed E-state index contributed by atoms with van der Waals surface area (Å²) < 4.78 is 0.976. The smallest absolute Gasteiger partial charge is 0.251 e. The summed E-state index contributed by atoms with van der Waals surface area (Å²) in [6.45, 7) is 4.84. The van der Waals surface area contributed by atoms with E-state index in [1.807, 2.05) is 18.4 Å². The van der Waals surface area contributed by atoms with Crippen molar-refractivity contribution in [3.05, 3.63) is 23.8 Å². The lowest BCUT2D eigenvalue weighted by molar-refractivity contribution is 0.0951. The first-order valence-electron chi connectivity index (χ1n) is 5.91. The van der Waals surface area contributed by atoms with Crippen LogP contribution in [0.2, 0.25) is 0 Å². The molecule has 0 aliphatic rings. The summed E-state index contributed by atoms with van der Waals surface area (Å²) in [5.41, 5.74) is 7.14. The van der Waals surface area contributed by atoms with Gasteiger partial charge in [0.05, 0.1) is 10.2 Å². The van der Waals surface area contributed by atoms with E-state index in [-0.39, 0.29) is 10.7 Å². The molecule has 6 heteroatoms. The maximum absolute atomic E-state index is 12.1. The highest BCUT2D eigenvalue weighted by Crippen LogP contribution is 2.25. The molecule has 1 aromatic carbocycles. The number of nitrogens with zero attached hydrogens (tertiary/aromatic N) is 1. The molecule has 0 radical (unpaired) electrons. The van der Waals surface area contributed by atoms with Gasteiger partial charge >= 0.3 is 0 Å². The van der Waals surface area contributed by atoms with Crippen molar-refractivity contribution in [3.63, 3.8) is 0 Å². The van der Waals surface area contributed by atoms with Crippen LogP contribution in [0.15, 0.2) is 18.2 Å². The average Bonchev–Trinajstić information content (AvgIpc) is 2.75. The van der Waals surface area contributed by atoms with Crippen LogP contribution in [0.1, 0.15) is 24.2 Å². The van der Waals surface area contributed by atoms with Gasteiger partial charge in [0.15, 0.2) is 5.13 Å². The zero-order valence-corrected chi connectivity index (χ0v) is 12.8. The Hall–Kier alpha value is -1.27. The molecule has 19 heavy (non-hydrogen) atoms. The van der Waals surface area contributed by atoms with Gasteiger partial charge in [-0.05, 0) is 38.3 Å². The summed E-state index contributed by atoms with van der Waals surface area (Å²) in [5, 5.41) is 3.48. The highest BCUT2D eigenvalue weighted by atomic mass is 32.2. The lowest BCUT2D eigenvalue weighted by Crippen LogP contribution is -2.36. The summed E-state index contributed by atoms with van der Waals surface area (Å²) in [7, 11) is 0. The summed E-state index contributed by atoms with van der Waals surface area (Å²) >= 11 is 3.13. The standard InChI is InChI=1S/C13H17N3OS2/c1-13(2,18-3)7-15-11(17)8-4-5-9-10(6-8)19-12(14)16-9/h4-6H,7H2,1-3H3,(H2,14,16)(H,15,17). The second-order valence-corrected chi connectivity index (χ2v) is 7.46. The molecule has 0 saturated carbocycles. The van der Waals surface area contributed by atoms with Crippen LogP contribution in [-0.4, -0.2) is 28.4 Å².